The molecular formula is H2AlMgN2O6+5. The Kier molecular flexibility index (Phi) is 35.9. The maximum absolute atomic E-state index is 8.36. The second-order valence-electron chi connectivity index (χ2n) is 0.476. The van der Waals surface area contributed by atoms with E-state index in [2.05, 4.69) is 0 Å². The van der Waals surface area contributed by atoms with E-state index in [1.807, 2.05) is 0 Å². The zero-order chi connectivity index (χ0) is 7.15. The van der Waals surface area contributed by atoms with Crippen LogP contribution in [0.5, 0.6) is 0 Å². The largest absolute Gasteiger partial charge is 3.00 e. The van der Waals surface area contributed by atoms with Gasteiger partial charge in [-0.2, -0.15) is 0 Å². The van der Waals surface area contributed by atoms with E-state index in [4.69, 9.17) is 30.6 Å². The van der Waals surface area contributed by atoms with Gasteiger partial charge in [-0.1, -0.05) is 0 Å². The first kappa shape index (κ1) is 22.6. The normalized spacial score (nSPS) is 4.80. The van der Waals surface area contributed by atoms with Crippen LogP contribution in [-0.4, -0.2) is 61.0 Å². The minimum Gasteiger partial charge on any atom is -0.328 e. The summed E-state index contributed by atoms with van der Waals surface area (Å²) >= 11 is 0. The molecule has 8 nitrogen and oxygen atoms in total. The first-order valence-corrected chi connectivity index (χ1v) is 1.13. The summed E-state index contributed by atoms with van der Waals surface area (Å²) in [5.74, 6) is 0. The molecule has 0 fully saturated rings. The molecule has 10 heteroatoms. The third-order valence-electron chi connectivity index (χ3n) is 0. The van der Waals surface area contributed by atoms with Gasteiger partial charge in [0.2, 0.25) is 0 Å². The molecule has 0 saturated carbocycles. The first-order chi connectivity index (χ1) is 3.46. The molecule has 48 valence electrons. The fourth-order valence-corrected chi connectivity index (χ4v) is 0. The third-order valence-corrected chi connectivity index (χ3v) is 0. The maximum atomic E-state index is 8.36. The van der Waals surface area contributed by atoms with Crippen LogP contribution in [0.1, 0.15) is 0 Å². The number of hydrogen-bond donors (Lipinski definition) is 2. The summed E-state index contributed by atoms with van der Waals surface area (Å²) in [4.78, 5) is 16.7. The van der Waals surface area contributed by atoms with Gasteiger partial charge in [0, 0.05) is 0 Å². The molecule has 0 aromatic carbocycles. The molecule has 0 unspecified atom stereocenters. The van der Waals surface area contributed by atoms with E-state index in [0.29, 0.717) is 0 Å². The van der Waals surface area contributed by atoms with E-state index in [1.165, 1.54) is 0 Å². The molecular weight excluding hydrogens is 175 g/mol. The fraction of sp³-hybridized carbons (Fsp3) is 0. The molecule has 0 aromatic heterocycles. The molecule has 0 radical (unpaired) electrons. The van der Waals surface area contributed by atoms with Crippen LogP contribution in [0.15, 0.2) is 0 Å². The Labute approximate surface area is 81.3 Å². The summed E-state index contributed by atoms with van der Waals surface area (Å²) in [5, 5.41) is 27.3. The van der Waals surface area contributed by atoms with Crippen LogP contribution in [0, 0.1) is 20.2 Å². The minimum atomic E-state index is -1.50. The Morgan fingerprint density at radius 1 is 1.00 bits per heavy atom. The summed E-state index contributed by atoms with van der Waals surface area (Å²) in [6.45, 7) is 0. The summed E-state index contributed by atoms with van der Waals surface area (Å²) in [7, 11) is 0. The quantitative estimate of drug-likeness (QED) is 0.264. The van der Waals surface area contributed by atoms with Gasteiger partial charge in [-0.15, -0.1) is 20.2 Å². The van der Waals surface area contributed by atoms with Crippen molar-refractivity contribution in [2.75, 3.05) is 0 Å². The van der Waals surface area contributed by atoms with Crippen molar-refractivity contribution in [3.63, 3.8) is 0 Å². The van der Waals surface area contributed by atoms with Gasteiger partial charge in [0.05, 0.1) is 0 Å². The molecule has 0 aliphatic carbocycles. The van der Waals surface area contributed by atoms with Crippen LogP contribution in [0.4, 0.5) is 0 Å². The SMILES string of the molecule is O=[N+]([O-])O.O=[N+]([O-])O.[Al+3].[Mg+2]. The Morgan fingerprint density at radius 3 is 1.00 bits per heavy atom. The van der Waals surface area contributed by atoms with E-state index in [-0.39, 0.29) is 40.4 Å². The van der Waals surface area contributed by atoms with Gasteiger partial charge >= 0.3 is 40.4 Å². The van der Waals surface area contributed by atoms with Gasteiger partial charge in [-0.05, 0) is 0 Å². The Hall–Kier alpha value is -0.301. The van der Waals surface area contributed by atoms with Crippen molar-refractivity contribution < 1.29 is 20.6 Å². The molecule has 0 amide bonds. The molecule has 0 saturated heterocycles. The Balaban J connectivity index is -0.0000000300. The van der Waals surface area contributed by atoms with Crippen molar-refractivity contribution >= 4 is 40.4 Å². The van der Waals surface area contributed by atoms with E-state index >= 15 is 0 Å². The van der Waals surface area contributed by atoms with Crippen LogP contribution in [-0.2, 0) is 0 Å². The Bertz CT molecular complexity index is 73.7. The molecule has 10 heavy (non-hydrogen) atoms. The van der Waals surface area contributed by atoms with Gasteiger partial charge in [0.15, 0.2) is 0 Å². The van der Waals surface area contributed by atoms with Crippen molar-refractivity contribution in [2.24, 2.45) is 0 Å². The van der Waals surface area contributed by atoms with Crippen molar-refractivity contribution in [1.82, 2.24) is 0 Å². The van der Waals surface area contributed by atoms with Gasteiger partial charge in [0.1, 0.15) is 0 Å². The average molecular weight is 177 g/mol. The van der Waals surface area contributed by atoms with Gasteiger partial charge in [-0.3, -0.25) is 0 Å². The predicted molar refractivity (Wildman–Crippen MR) is 29.1 cm³/mol. The molecule has 0 aromatic rings. The van der Waals surface area contributed by atoms with Crippen LogP contribution in [0.25, 0.3) is 0 Å². The summed E-state index contributed by atoms with van der Waals surface area (Å²) in [6, 6.07) is 0. The Morgan fingerprint density at radius 2 is 1.00 bits per heavy atom. The second kappa shape index (κ2) is 15.9. The van der Waals surface area contributed by atoms with E-state index in [1.54, 1.807) is 0 Å². The van der Waals surface area contributed by atoms with E-state index in [0.717, 1.165) is 0 Å². The topological polar surface area (TPSA) is 127 Å². The predicted octanol–water partition coefficient (Wildman–Crippen LogP) is -1.46. The van der Waals surface area contributed by atoms with Gasteiger partial charge in [-0.25, -0.2) is 0 Å². The fourth-order valence-electron chi connectivity index (χ4n) is 0. The molecule has 0 rings (SSSR count). The minimum absolute atomic E-state index is 0. The number of hydrogen-bond acceptors (Lipinski definition) is 4. The van der Waals surface area contributed by atoms with Crippen molar-refractivity contribution in [1.29, 1.82) is 0 Å². The standard InChI is InChI=1S/Al.Mg.2HNO3/c;;2*2-1(3)4/h;;2*(H,2,3,4)/q+3;+2;;. The summed E-state index contributed by atoms with van der Waals surface area (Å²) < 4.78 is 0. The van der Waals surface area contributed by atoms with Gasteiger partial charge in [0.25, 0.3) is 10.2 Å². The molecule has 0 aliphatic rings. The van der Waals surface area contributed by atoms with Crippen LogP contribution in [0.3, 0.4) is 0 Å². The molecule has 0 aliphatic heterocycles. The molecule has 0 atom stereocenters. The number of rotatable bonds is 0. The molecule has 0 bridgehead atoms. The maximum Gasteiger partial charge on any atom is 3.00 e. The molecule has 0 spiro atoms. The van der Waals surface area contributed by atoms with Crippen molar-refractivity contribution in [3.05, 3.63) is 20.2 Å². The molecule has 2 N–H and O–H groups in total. The van der Waals surface area contributed by atoms with Crippen molar-refractivity contribution in [3.8, 4) is 0 Å². The monoisotopic (exact) mass is 177 g/mol. The third kappa shape index (κ3) is 3810. The van der Waals surface area contributed by atoms with Crippen LogP contribution in [0.2, 0.25) is 0 Å². The molecule has 0 heterocycles. The number of nitrogens with zero attached hydrogens (tertiary/aromatic N) is 2. The van der Waals surface area contributed by atoms with Crippen LogP contribution < -0.4 is 0 Å². The summed E-state index contributed by atoms with van der Waals surface area (Å²) in [6.07, 6.45) is 0. The smallest absolute Gasteiger partial charge is 0.328 e. The summed E-state index contributed by atoms with van der Waals surface area (Å²) in [5.41, 5.74) is 0. The zero-order valence-electron chi connectivity index (χ0n) is 4.71. The van der Waals surface area contributed by atoms with Gasteiger partial charge < -0.3 is 10.4 Å². The average Bonchev–Trinajstić information content (AvgIpc) is 1.25. The first-order valence-electron chi connectivity index (χ1n) is 1.13. The van der Waals surface area contributed by atoms with E-state index in [9.17, 15) is 0 Å². The second-order valence-corrected chi connectivity index (χ2v) is 0.476. The van der Waals surface area contributed by atoms with Crippen molar-refractivity contribution in [2.45, 2.75) is 0 Å². The van der Waals surface area contributed by atoms with E-state index < -0.39 is 10.2 Å². The zero-order valence-corrected chi connectivity index (χ0v) is 7.28. The van der Waals surface area contributed by atoms with Crippen LogP contribution >= 0.6 is 0 Å².